The molecule has 21 heavy (non-hydrogen) atoms. The summed E-state index contributed by atoms with van der Waals surface area (Å²) in [6.07, 6.45) is 2.41. The summed E-state index contributed by atoms with van der Waals surface area (Å²) in [6.45, 7) is 2.00. The van der Waals surface area contributed by atoms with Gasteiger partial charge in [0.25, 0.3) is 0 Å². The highest BCUT2D eigenvalue weighted by molar-refractivity contribution is 7.00. The third-order valence-electron chi connectivity index (χ3n) is 3.98. The van der Waals surface area contributed by atoms with E-state index in [2.05, 4.69) is 13.3 Å². The van der Waals surface area contributed by atoms with E-state index in [0.29, 0.717) is 11.4 Å². The SMILES string of the molecule is Cc1cc2c(n1-c1c(Cl)ccc3nsnc13)CCCC2=O. The molecule has 0 bridgehead atoms. The van der Waals surface area contributed by atoms with Crippen LogP contribution in [0.25, 0.3) is 16.7 Å². The number of hydrogen-bond acceptors (Lipinski definition) is 4. The van der Waals surface area contributed by atoms with Gasteiger partial charge in [0, 0.05) is 23.4 Å². The second kappa shape index (κ2) is 4.64. The molecular weight excluding hydrogens is 306 g/mol. The normalized spacial score (nSPS) is 14.7. The molecule has 1 aromatic carbocycles. The first-order chi connectivity index (χ1) is 10.2. The minimum atomic E-state index is 0.220. The molecule has 2 heterocycles. The van der Waals surface area contributed by atoms with E-state index in [1.807, 2.05) is 25.1 Å². The molecule has 0 radical (unpaired) electrons. The fourth-order valence-electron chi connectivity index (χ4n) is 3.07. The molecule has 106 valence electrons. The molecule has 0 atom stereocenters. The molecule has 1 aliphatic carbocycles. The van der Waals surface area contributed by atoms with Gasteiger partial charge < -0.3 is 4.57 Å². The lowest BCUT2D eigenvalue weighted by molar-refractivity contribution is 0.0972. The van der Waals surface area contributed by atoms with Gasteiger partial charge in [-0.15, -0.1) is 0 Å². The van der Waals surface area contributed by atoms with Crippen molar-refractivity contribution < 1.29 is 4.79 Å². The van der Waals surface area contributed by atoms with Crippen molar-refractivity contribution in [2.45, 2.75) is 26.2 Å². The predicted molar refractivity (Wildman–Crippen MR) is 83.8 cm³/mol. The number of hydrogen-bond donors (Lipinski definition) is 0. The van der Waals surface area contributed by atoms with Crippen LogP contribution < -0.4 is 0 Å². The largest absolute Gasteiger partial charge is 0.314 e. The molecule has 0 aliphatic heterocycles. The lowest BCUT2D eigenvalue weighted by Crippen LogP contribution is -2.13. The third kappa shape index (κ3) is 1.84. The van der Waals surface area contributed by atoms with Crippen LogP contribution >= 0.6 is 23.3 Å². The molecule has 3 aromatic rings. The number of fused-ring (bicyclic) bond motifs is 2. The Bertz CT molecular complexity index is 881. The monoisotopic (exact) mass is 317 g/mol. The Morgan fingerprint density at radius 1 is 1.29 bits per heavy atom. The van der Waals surface area contributed by atoms with Crippen molar-refractivity contribution in [1.82, 2.24) is 13.3 Å². The maximum absolute atomic E-state index is 12.1. The van der Waals surface area contributed by atoms with Crippen molar-refractivity contribution in [3.8, 4) is 5.69 Å². The summed E-state index contributed by atoms with van der Waals surface area (Å²) in [5.74, 6) is 0.220. The van der Waals surface area contributed by atoms with Crippen LogP contribution in [0.2, 0.25) is 5.02 Å². The lowest BCUT2D eigenvalue weighted by atomic mass is 9.96. The van der Waals surface area contributed by atoms with Gasteiger partial charge in [-0.2, -0.15) is 8.75 Å². The van der Waals surface area contributed by atoms with E-state index in [1.165, 1.54) is 11.7 Å². The van der Waals surface area contributed by atoms with Crippen molar-refractivity contribution >= 4 is 40.1 Å². The van der Waals surface area contributed by atoms with Crippen molar-refractivity contribution in [1.29, 1.82) is 0 Å². The number of aromatic nitrogens is 3. The van der Waals surface area contributed by atoms with Gasteiger partial charge in [0.15, 0.2) is 5.78 Å². The zero-order chi connectivity index (χ0) is 14.6. The highest BCUT2D eigenvalue weighted by atomic mass is 35.5. The highest BCUT2D eigenvalue weighted by Gasteiger charge is 2.25. The van der Waals surface area contributed by atoms with Crippen molar-refractivity contribution in [3.63, 3.8) is 0 Å². The fraction of sp³-hybridized carbons (Fsp3) is 0.267. The van der Waals surface area contributed by atoms with E-state index in [1.54, 1.807) is 0 Å². The van der Waals surface area contributed by atoms with Crippen LogP contribution in [0.1, 0.15) is 34.6 Å². The second-order valence-electron chi connectivity index (χ2n) is 5.29. The average molecular weight is 318 g/mol. The summed E-state index contributed by atoms with van der Waals surface area (Å²) in [5, 5.41) is 0.634. The van der Waals surface area contributed by atoms with Crippen LogP contribution in [0.15, 0.2) is 18.2 Å². The minimum absolute atomic E-state index is 0.220. The van der Waals surface area contributed by atoms with Crippen LogP contribution in [-0.4, -0.2) is 19.1 Å². The quantitative estimate of drug-likeness (QED) is 0.682. The first kappa shape index (κ1) is 13.0. The average Bonchev–Trinajstić information content (AvgIpc) is 3.05. The lowest BCUT2D eigenvalue weighted by Gasteiger charge is -2.17. The van der Waals surface area contributed by atoms with E-state index >= 15 is 0 Å². The topological polar surface area (TPSA) is 47.8 Å². The minimum Gasteiger partial charge on any atom is -0.314 e. The number of rotatable bonds is 1. The first-order valence-corrected chi connectivity index (χ1v) is 7.93. The number of halogens is 1. The summed E-state index contributed by atoms with van der Waals surface area (Å²) >= 11 is 7.61. The van der Waals surface area contributed by atoms with Gasteiger partial charge in [0.1, 0.15) is 11.0 Å². The molecule has 0 unspecified atom stereocenters. The number of aryl methyl sites for hydroxylation is 1. The Balaban J connectivity index is 2.08. The van der Waals surface area contributed by atoms with E-state index in [-0.39, 0.29) is 5.78 Å². The highest BCUT2D eigenvalue weighted by Crippen LogP contribution is 2.34. The van der Waals surface area contributed by atoms with Gasteiger partial charge in [-0.3, -0.25) is 4.79 Å². The number of ketones is 1. The Hall–Kier alpha value is -1.72. The summed E-state index contributed by atoms with van der Waals surface area (Å²) in [4.78, 5) is 12.1. The molecule has 0 fully saturated rings. The Morgan fingerprint density at radius 3 is 3.00 bits per heavy atom. The van der Waals surface area contributed by atoms with Gasteiger partial charge in [0.2, 0.25) is 0 Å². The summed E-state index contributed by atoms with van der Waals surface area (Å²) in [7, 11) is 0. The number of nitrogens with zero attached hydrogens (tertiary/aromatic N) is 3. The molecule has 0 N–H and O–H groups in total. The first-order valence-electron chi connectivity index (χ1n) is 6.82. The summed E-state index contributed by atoms with van der Waals surface area (Å²) < 4.78 is 10.7. The van der Waals surface area contributed by atoms with Gasteiger partial charge in [-0.05, 0) is 38.0 Å². The Morgan fingerprint density at radius 2 is 2.14 bits per heavy atom. The summed E-state index contributed by atoms with van der Waals surface area (Å²) in [5.41, 5.74) is 5.37. The molecule has 0 amide bonds. The molecule has 0 saturated heterocycles. The van der Waals surface area contributed by atoms with Crippen LogP contribution in [0, 0.1) is 6.92 Å². The van der Waals surface area contributed by atoms with Gasteiger partial charge >= 0.3 is 0 Å². The van der Waals surface area contributed by atoms with Gasteiger partial charge in [-0.25, -0.2) is 0 Å². The molecule has 1 aliphatic rings. The molecule has 0 saturated carbocycles. The number of carbonyl (C=O) groups is 1. The van der Waals surface area contributed by atoms with Crippen LogP contribution in [0.5, 0.6) is 0 Å². The zero-order valence-corrected chi connectivity index (χ0v) is 13.0. The molecule has 4 rings (SSSR count). The molecule has 4 nitrogen and oxygen atoms in total. The van der Waals surface area contributed by atoms with Crippen LogP contribution in [-0.2, 0) is 6.42 Å². The molecular formula is C15H12ClN3OS. The van der Waals surface area contributed by atoms with Crippen molar-refractivity contribution in [2.24, 2.45) is 0 Å². The number of Topliss-reactive ketones (excluding diaryl/α,β-unsaturated/α-hetero) is 1. The van der Waals surface area contributed by atoms with Gasteiger partial charge in [0.05, 0.1) is 22.4 Å². The second-order valence-corrected chi connectivity index (χ2v) is 6.22. The molecule has 0 spiro atoms. The number of carbonyl (C=O) groups excluding carboxylic acids is 1. The number of benzene rings is 1. The Labute approximate surface area is 130 Å². The van der Waals surface area contributed by atoms with Gasteiger partial charge in [-0.1, -0.05) is 11.6 Å². The van der Waals surface area contributed by atoms with Crippen molar-refractivity contribution in [2.75, 3.05) is 0 Å². The van der Waals surface area contributed by atoms with E-state index in [9.17, 15) is 4.79 Å². The van der Waals surface area contributed by atoms with E-state index in [4.69, 9.17) is 11.6 Å². The maximum Gasteiger partial charge on any atom is 0.164 e. The van der Waals surface area contributed by atoms with E-state index < -0.39 is 0 Å². The van der Waals surface area contributed by atoms with Crippen molar-refractivity contribution in [3.05, 3.63) is 40.2 Å². The van der Waals surface area contributed by atoms with Crippen LogP contribution in [0.4, 0.5) is 0 Å². The summed E-state index contributed by atoms with van der Waals surface area (Å²) in [6, 6.07) is 5.68. The predicted octanol–water partition coefficient (Wildman–Crippen LogP) is 3.96. The standard InChI is InChI=1S/C15H12ClN3OS/c1-8-7-9-12(3-2-4-13(9)20)19(8)15-10(16)5-6-11-14(15)18-21-17-11/h5-7H,2-4H2,1H3. The smallest absolute Gasteiger partial charge is 0.164 e. The van der Waals surface area contributed by atoms with Crippen LogP contribution in [0.3, 0.4) is 0 Å². The zero-order valence-electron chi connectivity index (χ0n) is 11.4. The third-order valence-corrected chi connectivity index (χ3v) is 4.83. The fourth-order valence-corrected chi connectivity index (χ4v) is 3.84. The van der Waals surface area contributed by atoms with E-state index in [0.717, 1.165) is 46.5 Å². The molecule has 6 heteroatoms. The molecule has 2 aromatic heterocycles. The maximum atomic E-state index is 12.1. The Kier molecular flexibility index (Phi) is 2.87.